The maximum Gasteiger partial charge on any atom is 0.323 e. The first-order chi connectivity index (χ1) is 14.0. The van der Waals surface area contributed by atoms with E-state index >= 15 is 0 Å². The third-order valence-electron chi connectivity index (χ3n) is 4.86. The molecule has 1 fully saturated rings. The van der Waals surface area contributed by atoms with Gasteiger partial charge in [0.2, 0.25) is 5.95 Å². The summed E-state index contributed by atoms with van der Waals surface area (Å²) < 4.78 is 12.4. The molecular weight excluding hydrogens is 416 g/mol. The summed E-state index contributed by atoms with van der Waals surface area (Å²) in [5.41, 5.74) is 11.7. The number of carbonyl (C=O) groups excluding carboxylic acids is 1. The molecule has 2 aromatic rings. The van der Waals surface area contributed by atoms with Crippen LogP contribution in [0.15, 0.2) is 4.79 Å². The van der Waals surface area contributed by atoms with Gasteiger partial charge in [0.05, 0.1) is 0 Å². The molecule has 5 atom stereocenters. The molecule has 0 saturated carbocycles. The predicted molar refractivity (Wildman–Crippen MR) is 110 cm³/mol. The van der Waals surface area contributed by atoms with Gasteiger partial charge in [-0.1, -0.05) is 25.2 Å². The number of rotatable bonds is 6. The number of thiazole rings is 1. The van der Waals surface area contributed by atoms with E-state index in [1.165, 1.54) is 0 Å². The molecule has 0 bridgehead atoms. The summed E-state index contributed by atoms with van der Waals surface area (Å²) in [6.07, 6.45) is -5.15. The van der Waals surface area contributed by atoms with Gasteiger partial charge in [0.25, 0.3) is 0 Å². The summed E-state index contributed by atoms with van der Waals surface area (Å²) in [4.78, 5) is 34.1. The Morgan fingerprint density at radius 2 is 2.00 bits per heavy atom. The molecule has 1 aliphatic heterocycles. The van der Waals surface area contributed by atoms with Crippen LogP contribution in [0.25, 0.3) is 10.3 Å². The smallest absolute Gasteiger partial charge is 0.323 e. The standard InChI is InChI=1S/C17H26N6O6S/c1-6(2)8(18)15(26)28-5-7-9(24)10(25)14(29-7)23-13-11(30-17(23)27)12(22(3)4)20-16(19)21-13/h6-10,14,24-25H,5,18H2,1-4H3,(H2,19,20,21)/t7?,8-,9+,10+,14+/m0/s1. The van der Waals surface area contributed by atoms with Crippen molar-refractivity contribution in [2.45, 2.75) is 44.4 Å². The molecule has 0 amide bonds. The molecule has 12 nitrogen and oxygen atoms in total. The lowest BCUT2D eigenvalue weighted by Gasteiger charge is -2.18. The molecule has 3 rings (SSSR count). The number of aliphatic hydroxyl groups is 2. The van der Waals surface area contributed by atoms with E-state index in [2.05, 4.69) is 9.97 Å². The van der Waals surface area contributed by atoms with Crippen LogP contribution in [0.5, 0.6) is 0 Å². The lowest BCUT2D eigenvalue weighted by atomic mass is 10.1. The van der Waals surface area contributed by atoms with Crippen molar-refractivity contribution >= 4 is 39.4 Å². The summed E-state index contributed by atoms with van der Waals surface area (Å²) in [6.45, 7) is 3.22. The summed E-state index contributed by atoms with van der Waals surface area (Å²) in [6, 6.07) is -0.822. The topological polar surface area (TPSA) is 179 Å². The van der Waals surface area contributed by atoms with E-state index in [1.54, 1.807) is 32.8 Å². The van der Waals surface area contributed by atoms with Gasteiger partial charge in [0.15, 0.2) is 17.7 Å². The fourth-order valence-electron chi connectivity index (χ4n) is 3.06. The van der Waals surface area contributed by atoms with Crippen molar-refractivity contribution in [3.05, 3.63) is 9.67 Å². The number of fused-ring (bicyclic) bond motifs is 1. The molecule has 13 heteroatoms. The number of ether oxygens (including phenoxy) is 2. The van der Waals surface area contributed by atoms with Gasteiger partial charge in [-0.05, 0) is 5.92 Å². The van der Waals surface area contributed by atoms with Gasteiger partial charge in [-0.15, -0.1) is 0 Å². The van der Waals surface area contributed by atoms with Crippen molar-refractivity contribution in [3.8, 4) is 0 Å². The third-order valence-corrected chi connectivity index (χ3v) is 5.80. The largest absolute Gasteiger partial charge is 0.462 e. The Morgan fingerprint density at radius 1 is 1.33 bits per heavy atom. The van der Waals surface area contributed by atoms with Crippen molar-refractivity contribution in [2.75, 3.05) is 31.3 Å². The van der Waals surface area contributed by atoms with Crippen molar-refractivity contribution in [2.24, 2.45) is 11.7 Å². The maximum absolute atomic E-state index is 12.7. The molecule has 166 valence electrons. The molecule has 1 saturated heterocycles. The highest BCUT2D eigenvalue weighted by Crippen LogP contribution is 2.34. The second-order valence-corrected chi connectivity index (χ2v) is 8.60. The monoisotopic (exact) mass is 442 g/mol. The molecule has 0 radical (unpaired) electrons. The molecule has 6 N–H and O–H groups in total. The number of hydrogen-bond donors (Lipinski definition) is 4. The zero-order valence-electron chi connectivity index (χ0n) is 17.1. The van der Waals surface area contributed by atoms with Crippen LogP contribution in [-0.2, 0) is 14.3 Å². The first kappa shape index (κ1) is 22.4. The van der Waals surface area contributed by atoms with Crippen LogP contribution in [0, 0.1) is 5.92 Å². The van der Waals surface area contributed by atoms with Gasteiger partial charge in [-0.25, -0.2) is 0 Å². The number of esters is 1. The van der Waals surface area contributed by atoms with E-state index in [0.29, 0.717) is 10.5 Å². The molecule has 3 heterocycles. The zero-order valence-corrected chi connectivity index (χ0v) is 17.9. The minimum absolute atomic E-state index is 0.0565. The number of hydrogen-bond acceptors (Lipinski definition) is 12. The van der Waals surface area contributed by atoms with Gasteiger partial charge >= 0.3 is 10.8 Å². The Morgan fingerprint density at radius 3 is 2.60 bits per heavy atom. The quantitative estimate of drug-likeness (QED) is 0.388. The van der Waals surface area contributed by atoms with Gasteiger partial charge in [-0.2, -0.15) is 9.97 Å². The van der Waals surface area contributed by atoms with E-state index in [0.717, 1.165) is 15.9 Å². The molecule has 1 aliphatic rings. The zero-order chi connectivity index (χ0) is 22.3. The minimum Gasteiger partial charge on any atom is -0.462 e. The number of nitrogens with two attached hydrogens (primary N) is 2. The van der Waals surface area contributed by atoms with Gasteiger partial charge in [0.1, 0.15) is 35.7 Å². The van der Waals surface area contributed by atoms with Crippen molar-refractivity contribution in [3.63, 3.8) is 0 Å². The Hall–Kier alpha value is -2.32. The maximum atomic E-state index is 12.7. The molecule has 0 aromatic carbocycles. The number of anilines is 2. The van der Waals surface area contributed by atoms with Crippen LogP contribution in [0.2, 0.25) is 0 Å². The van der Waals surface area contributed by atoms with E-state index in [4.69, 9.17) is 20.9 Å². The van der Waals surface area contributed by atoms with Crippen LogP contribution < -0.4 is 21.2 Å². The SMILES string of the molecule is CC(C)[C@H](N)C(=O)OCC1O[C@@H](n2c(=O)sc3c(N(C)C)nc(N)nc32)[C@H](O)[C@@H]1O. The number of nitrogens with zero attached hydrogens (tertiary/aromatic N) is 4. The van der Waals surface area contributed by atoms with Crippen molar-refractivity contribution in [1.82, 2.24) is 14.5 Å². The number of aromatic nitrogens is 3. The Kier molecular flexibility index (Phi) is 6.29. The second kappa shape index (κ2) is 8.43. The number of carbonyl (C=O) groups is 1. The Balaban J connectivity index is 1.88. The van der Waals surface area contributed by atoms with Gasteiger partial charge in [0, 0.05) is 14.1 Å². The second-order valence-electron chi connectivity index (χ2n) is 7.64. The summed E-state index contributed by atoms with van der Waals surface area (Å²) >= 11 is 0.870. The first-order valence-electron chi connectivity index (χ1n) is 9.32. The molecule has 1 unspecified atom stereocenters. The average Bonchev–Trinajstić information content (AvgIpc) is 3.14. The fourth-order valence-corrected chi connectivity index (χ4v) is 4.08. The van der Waals surface area contributed by atoms with Crippen molar-refractivity contribution in [1.29, 1.82) is 0 Å². The minimum atomic E-state index is -1.46. The summed E-state index contributed by atoms with van der Waals surface area (Å²) in [5.74, 6) is -0.386. The van der Waals surface area contributed by atoms with Gasteiger partial charge in [-0.3, -0.25) is 14.2 Å². The normalized spacial score (nSPS) is 25.1. The number of nitrogen functional groups attached to an aromatic ring is 1. The molecule has 2 aromatic heterocycles. The highest BCUT2D eigenvalue weighted by atomic mass is 32.1. The van der Waals surface area contributed by atoms with Crippen LogP contribution in [0.4, 0.5) is 11.8 Å². The summed E-state index contributed by atoms with van der Waals surface area (Å²) in [5, 5.41) is 20.9. The summed E-state index contributed by atoms with van der Waals surface area (Å²) in [7, 11) is 3.49. The van der Waals surface area contributed by atoms with E-state index in [1.807, 2.05) is 0 Å². The molecule has 0 aliphatic carbocycles. The highest BCUT2D eigenvalue weighted by Gasteiger charge is 2.46. The fraction of sp³-hybridized carbons (Fsp3) is 0.647. The van der Waals surface area contributed by atoms with E-state index in [9.17, 15) is 19.8 Å². The third kappa shape index (κ3) is 3.98. The lowest BCUT2D eigenvalue weighted by molar-refractivity contribution is -0.152. The Bertz CT molecular complexity index is 991. The highest BCUT2D eigenvalue weighted by molar-refractivity contribution is 7.17. The lowest BCUT2D eigenvalue weighted by Crippen LogP contribution is -2.40. The van der Waals surface area contributed by atoms with Crippen LogP contribution in [0.3, 0.4) is 0 Å². The van der Waals surface area contributed by atoms with Crippen LogP contribution in [0.1, 0.15) is 20.1 Å². The van der Waals surface area contributed by atoms with E-state index in [-0.39, 0.29) is 24.1 Å². The average molecular weight is 442 g/mol. The van der Waals surface area contributed by atoms with Crippen LogP contribution in [-0.4, -0.2) is 75.8 Å². The number of aliphatic hydroxyl groups excluding tert-OH is 2. The first-order valence-corrected chi connectivity index (χ1v) is 10.1. The van der Waals surface area contributed by atoms with E-state index < -0.39 is 41.4 Å². The predicted octanol–water partition coefficient (Wildman–Crippen LogP) is -1.35. The van der Waals surface area contributed by atoms with Crippen LogP contribution >= 0.6 is 11.3 Å². The molecule has 30 heavy (non-hydrogen) atoms. The van der Waals surface area contributed by atoms with Gasteiger partial charge < -0.3 is 36.1 Å². The van der Waals surface area contributed by atoms with Crippen molar-refractivity contribution < 1.29 is 24.5 Å². The molecule has 0 spiro atoms. The Labute approximate surface area is 176 Å². The molecular formula is C17H26N6O6S.